The van der Waals surface area contributed by atoms with E-state index in [9.17, 15) is 0 Å². The van der Waals surface area contributed by atoms with Crippen LogP contribution in [-0.2, 0) is 0 Å². The first-order valence-electron chi connectivity index (χ1n) is 4.69. The van der Waals surface area contributed by atoms with Crippen molar-refractivity contribution in [2.45, 2.75) is 6.92 Å². The SMILES string of the molecule is CNc1cnn(-c2ccc(Br)cc2C)c1. The van der Waals surface area contributed by atoms with E-state index >= 15 is 0 Å². The molecule has 15 heavy (non-hydrogen) atoms. The first kappa shape index (κ1) is 10.2. The van der Waals surface area contributed by atoms with Crippen LogP contribution in [0.4, 0.5) is 5.69 Å². The zero-order chi connectivity index (χ0) is 10.8. The lowest BCUT2D eigenvalue weighted by Crippen LogP contribution is -1.96. The van der Waals surface area contributed by atoms with Gasteiger partial charge in [0.05, 0.1) is 23.8 Å². The molecule has 0 fully saturated rings. The zero-order valence-electron chi connectivity index (χ0n) is 8.66. The molecule has 0 unspecified atom stereocenters. The van der Waals surface area contributed by atoms with Crippen molar-refractivity contribution in [2.75, 3.05) is 12.4 Å². The Bertz CT molecular complexity index is 476. The fourth-order valence-electron chi connectivity index (χ4n) is 1.46. The fraction of sp³-hybridized carbons (Fsp3) is 0.182. The minimum atomic E-state index is 1.01. The van der Waals surface area contributed by atoms with Gasteiger partial charge in [0.2, 0.25) is 0 Å². The quantitative estimate of drug-likeness (QED) is 0.905. The molecule has 0 saturated carbocycles. The maximum absolute atomic E-state index is 4.29. The molecule has 1 aromatic carbocycles. The lowest BCUT2D eigenvalue weighted by molar-refractivity contribution is 0.872. The van der Waals surface area contributed by atoms with Crippen molar-refractivity contribution < 1.29 is 0 Å². The summed E-state index contributed by atoms with van der Waals surface area (Å²) >= 11 is 3.45. The first-order chi connectivity index (χ1) is 7.20. The molecule has 1 heterocycles. The van der Waals surface area contributed by atoms with Gasteiger partial charge in [-0.1, -0.05) is 15.9 Å². The number of hydrogen-bond acceptors (Lipinski definition) is 2. The Balaban J connectivity index is 2.44. The highest BCUT2D eigenvalue weighted by Crippen LogP contribution is 2.19. The molecule has 0 aliphatic carbocycles. The van der Waals surface area contributed by atoms with Crippen LogP contribution in [-0.4, -0.2) is 16.8 Å². The van der Waals surface area contributed by atoms with Crippen LogP contribution in [0.15, 0.2) is 35.1 Å². The molecule has 0 amide bonds. The van der Waals surface area contributed by atoms with E-state index in [2.05, 4.69) is 39.3 Å². The number of nitrogens with zero attached hydrogens (tertiary/aromatic N) is 2. The summed E-state index contributed by atoms with van der Waals surface area (Å²) in [4.78, 5) is 0. The standard InChI is InChI=1S/C11H12BrN3/c1-8-5-9(12)3-4-11(8)15-7-10(13-2)6-14-15/h3-7,13H,1-2H3. The molecule has 0 bridgehead atoms. The van der Waals surface area contributed by atoms with Crippen LogP contribution < -0.4 is 5.32 Å². The minimum absolute atomic E-state index is 1.01. The summed E-state index contributed by atoms with van der Waals surface area (Å²) in [7, 11) is 1.88. The van der Waals surface area contributed by atoms with Crippen LogP contribution in [0.3, 0.4) is 0 Å². The molecule has 0 radical (unpaired) electrons. The van der Waals surface area contributed by atoms with E-state index in [0.717, 1.165) is 15.8 Å². The maximum atomic E-state index is 4.29. The van der Waals surface area contributed by atoms with E-state index in [1.165, 1.54) is 5.56 Å². The van der Waals surface area contributed by atoms with Gasteiger partial charge in [-0.15, -0.1) is 0 Å². The number of nitrogens with one attached hydrogen (secondary N) is 1. The van der Waals surface area contributed by atoms with Crippen molar-refractivity contribution in [1.82, 2.24) is 9.78 Å². The third kappa shape index (κ3) is 2.04. The molecule has 2 rings (SSSR count). The summed E-state index contributed by atoms with van der Waals surface area (Å²) in [6.07, 6.45) is 3.78. The molecule has 3 nitrogen and oxygen atoms in total. The highest BCUT2D eigenvalue weighted by atomic mass is 79.9. The summed E-state index contributed by atoms with van der Waals surface area (Å²) in [6, 6.07) is 6.14. The molecule has 0 aliphatic rings. The van der Waals surface area contributed by atoms with Gasteiger partial charge in [0, 0.05) is 11.5 Å². The molecule has 0 aliphatic heterocycles. The Morgan fingerprint density at radius 2 is 2.20 bits per heavy atom. The van der Waals surface area contributed by atoms with Gasteiger partial charge >= 0.3 is 0 Å². The predicted molar refractivity (Wildman–Crippen MR) is 65.5 cm³/mol. The van der Waals surface area contributed by atoms with Crippen LogP contribution in [0.5, 0.6) is 0 Å². The Kier molecular flexibility index (Phi) is 2.77. The lowest BCUT2D eigenvalue weighted by atomic mass is 10.2. The Morgan fingerprint density at radius 3 is 2.80 bits per heavy atom. The van der Waals surface area contributed by atoms with Crippen molar-refractivity contribution in [3.63, 3.8) is 0 Å². The van der Waals surface area contributed by atoms with Crippen molar-refractivity contribution in [2.24, 2.45) is 0 Å². The van der Waals surface area contributed by atoms with Gasteiger partial charge in [-0.2, -0.15) is 5.10 Å². The molecule has 2 aromatic rings. The summed E-state index contributed by atoms with van der Waals surface area (Å²) < 4.78 is 2.96. The first-order valence-corrected chi connectivity index (χ1v) is 5.49. The van der Waals surface area contributed by atoms with Crippen LogP contribution >= 0.6 is 15.9 Å². The van der Waals surface area contributed by atoms with Crippen LogP contribution in [0.2, 0.25) is 0 Å². The third-order valence-electron chi connectivity index (χ3n) is 2.28. The van der Waals surface area contributed by atoms with E-state index in [-0.39, 0.29) is 0 Å². The largest absolute Gasteiger partial charge is 0.386 e. The average molecular weight is 266 g/mol. The smallest absolute Gasteiger partial charge is 0.0728 e. The van der Waals surface area contributed by atoms with Crippen LogP contribution in [0, 0.1) is 6.92 Å². The molecule has 1 aromatic heterocycles. The van der Waals surface area contributed by atoms with E-state index in [1.807, 2.05) is 36.3 Å². The second kappa shape index (κ2) is 4.06. The van der Waals surface area contributed by atoms with E-state index in [4.69, 9.17) is 0 Å². The van der Waals surface area contributed by atoms with Gasteiger partial charge in [0.25, 0.3) is 0 Å². The van der Waals surface area contributed by atoms with E-state index in [1.54, 1.807) is 0 Å². The molecule has 1 N–H and O–H groups in total. The molecule has 0 saturated heterocycles. The Labute approximate surface area is 97.2 Å². The maximum Gasteiger partial charge on any atom is 0.0728 e. The Hall–Kier alpha value is -1.29. The molecule has 4 heteroatoms. The number of aromatic nitrogens is 2. The summed E-state index contributed by atoms with van der Waals surface area (Å²) in [6.45, 7) is 2.07. The lowest BCUT2D eigenvalue weighted by Gasteiger charge is -2.05. The molecule has 78 valence electrons. The number of halogens is 1. The minimum Gasteiger partial charge on any atom is -0.386 e. The third-order valence-corrected chi connectivity index (χ3v) is 2.77. The summed E-state index contributed by atoms with van der Waals surface area (Å²) in [5, 5.41) is 7.34. The van der Waals surface area contributed by atoms with Crippen molar-refractivity contribution in [3.05, 3.63) is 40.6 Å². The number of benzene rings is 1. The fourth-order valence-corrected chi connectivity index (χ4v) is 1.94. The topological polar surface area (TPSA) is 29.9 Å². The molecular weight excluding hydrogens is 254 g/mol. The summed E-state index contributed by atoms with van der Waals surface area (Å²) in [5.41, 5.74) is 3.30. The normalized spacial score (nSPS) is 10.3. The summed E-state index contributed by atoms with van der Waals surface area (Å²) in [5.74, 6) is 0. The Morgan fingerprint density at radius 1 is 1.40 bits per heavy atom. The van der Waals surface area contributed by atoms with Gasteiger partial charge in [0.15, 0.2) is 0 Å². The molecule has 0 spiro atoms. The monoisotopic (exact) mass is 265 g/mol. The van der Waals surface area contributed by atoms with Crippen LogP contribution in [0.25, 0.3) is 5.69 Å². The van der Waals surface area contributed by atoms with Gasteiger partial charge in [-0.05, 0) is 30.7 Å². The average Bonchev–Trinajstić information content (AvgIpc) is 2.66. The number of anilines is 1. The van der Waals surface area contributed by atoms with Crippen LogP contribution in [0.1, 0.15) is 5.56 Å². The second-order valence-corrected chi connectivity index (χ2v) is 4.27. The highest BCUT2D eigenvalue weighted by molar-refractivity contribution is 9.10. The highest BCUT2D eigenvalue weighted by Gasteiger charge is 2.03. The van der Waals surface area contributed by atoms with Gasteiger partial charge in [-0.3, -0.25) is 0 Å². The molecule has 0 atom stereocenters. The second-order valence-electron chi connectivity index (χ2n) is 3.35. The number of hydrogen-bond donors (Lipinski definition) is 1. The van der Waals surface area contributed by atoms with E-state index < -0.39 is 0 Å². The molecular formula is C11H12BrN3. The van der Waals surface area contributed by atoms with Crippen molar-refractivity contribution in [1.29, 1.82) is 0 Å². The zero-order valence-corrected chi connectivity index (χ0v) is 10.2. The van der Waals surface area contributed by atoms with Gasteiger partial charge in [0.1, 0.15) is 0 Å². The van der Waals surface area contributed by atoms with Gasteiger partial charge in [-0.25, -0.2) is 4.68 Å². The number of aryl methyl sites for hydroxylation is 1. The van der Waals surface area contributed by atoms with Gasteiger partial charge < -0.3 is 5.32 Å². The van der Waals surface area contributed by atoms with Crippen molar-refractivity contribution in [3.8, 4) is 5.69 Å². The predicted octanol–water partition coefficient (Wildman–Crippen LogP) is 2.98. The number of rotatable bonds is 2. The van der Waals surface area contributed by atoms with E-state index in [0.29, 0.717) is 0 Å². The van der Waals surface area contributed by atoms with Crippen molar-refractivity contribution >= 4 is 21.6 Å².